The van der Waals surface area contributed by atoms with Gasteiger partial charge in [0.2, 0.25) is 0 Å². The second kappa shape index (κ2) is 9.08. The molecule has 0 saturated carbocycles. The minimum Gasteiger partial charge on any atom is -0.497 e. The molecule has 2 aromatic rings. The van der Waals surface area contributed by atoms with Crippen LogP contribution in [0, 0.1) is 0 Å². The molecule has 0 aromatic heterocycles. The summed E-state index contributed by atoms with van der Waals surface area (Å²) in [6.07, 6.45) is 0.00373. The predicted molar refractivity (Wildman–Crippen MR) is 108 cm³/mol. The molecule has 0 spiro atoms. The summed E-state index contributed by atoms with van der Waals surface area (Å²) < 4.78 is 16.5. The smallest absolute Gasteiger partial charge is 0.251 e. The van der Waals surface area contributed by atoms with E-state index in [1.54, 1.807) is 38.5 Å². The molecule has 0 radical (unpaired) electrons. The van der Waals surface area contributed by atoms with E-state index in [1.807, 2.05) is 24.3 Å². The molecule has 1 heterocycles. The van der Waals surface area contributed by atoms with Crippen LogP contribution in [0.25, 0.3) is 0 Å². The van der Waals surface area contributed by atoms with E-state index >= 15 is 0 Å². The van der Waals surface area contributed by atoms with Gasteiger partial charge < -0.3 is 19.5 Å². The third-order valence-electron chi connectivity index (χ3n) is 5.06. The van der Waals surface area contributed by atoms with Gasteiger partial charge >= 0.3 is 0 Å². The summed E-state index contributed by atoms with van der Waals surface area (Å²) in [6, 6.07) is 14.9. The van der Waals surface area contributed by atoms with Crippen molar-refractivity contribution < 1.29 is 19.0 Å². The van der Waals surface area contributed by atoms with Crippen LogP contribution in [0.15, 0.2) is 48.5 Å². The average molecular weight is 384 g/mol. The zero-order valence-electron chi connectivity index (χ0n) is 16.8. The molecule has 0 unspecified atom stereocenters. The molecule has 1 N–H and O–H groups in total. The maximum absolute atomic E-state index is 12.6. The summed E-state index contributed by atoms with van der Waals surface area (Å²) in [5.74, 6) is 2.05. The van der Waals surface area contributed by atoms with Crippen LogP contribution in [0.3, 0.4) is 0 Å². The van der Waals surface area contributed by atoms with Crippen molar-refractivity contribution in [1.82, 2.24) is 10.2 Å². The number of ether oxygens (including phenoxy) is 3. The maximum atomic E-state index is 12.6. The largest absolute Gasteiger partial charge is 0.497 e. The van der Waals surface area contributed by atoms with Gasteiger partial charge in [-0.2, -0.15) is 0 Å². The minimum atomic E-state index is -0.103. The lowest BCUT2D eigenvalue weighted by Gasteiger charge is -2.20. The van der Waals surface area contributed by atoms with Gasteiger partial charge in [0.05, 0.1) is 19.3 Å². The number of benzene rings is 2. The number of amides is 1. The van der Waals surface area contributed by atoms with Gasteiger partial charge in [0, 0.05) is 31.8 Å². The Morgan fingerprint density at radius 1 is 0.964 bits per heavy atom. The summed E-state index contributed by atoms with van der Waals surface area (Å²) >= 11 is 0. The molecule has 1 aliphatic rings. The monoisotopic (exact) mass is 384 g/mol. The quantitative estimate of drug-likeness (QED) is 0.794. The molecule has 1 amide bonds. The van der Waals surface area contributed by atoms with Crippen LogP contribution < -0.4 is 14.8 Å². The lowest BCUT2D eigenvalue weighted by Crippen LogP contribution is -2.43. The van der Waals surface area contributed by atoms with Gasteiger partial charge in [0.15, 0.2) is 0 Å². The Morgan fingerprint density at radius 3 is 2.07 bits per heavy atom. The minimum absolute atomic E-state index is 0.00373. The Bertz CT molecular complexity index is 774. The highest BCUT2D eigenvalue weighted by molar-refractivity contribution is 5.94. The number of methoxy groups -OCH3 is 2. The van der Waals surface area contributed by atoms with Crippen LogP contribution in [0.5, 0.6) is 17.2 Å². The number of likely N-dealkylation sites (tertiary alicyclic amines) is 1. The van der Waals surface area contributed by atoms with E-state index in [9.17, 15) is 4.79 Å². The molecular weight excluding hydrogens is 356 g/mol. The second-order valence-electron chi connectivity index (χ2n) is 7.20. The number of nitrogens with one attached hydrogen (secondary N) is 1. The summed E-state index contributed by atoms with van der Waals surface area (Å²) in [5, 5.41) is 3.10. The van der Waals surface area contributed by atoms with Crippen molar-refractivity contribution >= 4 is 5.91 Å². The lowest BCUT2D eigenvalue weighted by atomic mass is 10.1. The first-order valence-electron chi connectivity index (χ1n) is 9.50. The summed E-state index contributed by atoms with van der Waals surface area (Å²) in [6.45, 7) is 5.92. The van der Waals surface area contributed by atoms with Crippen LogP contribution in [0.1, 0.15) is 24.2 Å². The van der Waals surface area contributed by atoms with Gasteiger partial charge in [-0.15, -0.1) is 0 Å². The van der Waals surface area contributed by atoms with Gasteiger partial charge in [-0.1, -0.05) is 0 Å². The maximum Gasteiger partial charge on any atom is 0.251 e. The fraction of sp³-hybridized carbons (Fsp3) is 0.409. The van der Waals surface area contributed by atoms with Crippen molar-refractivity contribution in [2.24, 2.45) is 0 Å². The van der Waals surface area contributed by atoms with Gasteiger partial charge in [-0.3, -0.25) is 9.69 Å². The molecule has 28 heavy (non-hydrogen) atoms. The summed E-state index contributed by atoms with van der Waals surface area (Å²) in [5.41, 5.74) is 0.597. The van der Waals surface area contributed by atoms with Crippen molar-refractivity contribution in [1.29, 1.82) is 0 Å². The zero-order valence-corrected chi connectivity index (χ0v) is 16.8. The SMILES string of the molecule is COc1ccc(Oc2ccc(C(=O)N[C@H]3CN(C(C)C)C[C@@H]3OC)cc2)cc1. The Balaban J connectivity index is 1.60. The molecule has 1 saturated heterocycles. The van der Waals surface area contributed by atoms with Gasteiger partial charge in [0.25, 0.3) is 5.91 Å². The number of carbonyl (C=O) groups is 1. The Labute approximate surface area is 166 Å². The second-order valence-corrected chi connectivity index (χ2v) is 7.20. The molecule has 6 heteroatoms. The highest BCUT2D eigenvalue weighted by Gasteiger charge is 2.35. The first-order chi connectivity index (χ1) is 13.5. The van der Waals surface area contributed by atoms with Crippen molar-refractivity contribution in [3.63, 3.8) is 0 Å². The fourth-order valence-corrected chi connectivity index (χ4v) is 3.31. The van der Waals surface area contributed by atoms with Crippen molar-refractivity contribution in [3.8, 4) is 17.2 Å². The number of hydrogen-bond donors (Lipinski definition) is 1. The van der Waals surface area contributed by atoms with Crippen LogP contribution >= 0.6 is 0 Å². The fourth-order valence-electron chi connectivity index (χ4n) is 3.31. The van der Waals surface area contributed by atoms with E-state index in [4.69, 9.17) is 14.2 Å². The predicted octanol–water partition coefficient (Wildman–Crippen LogP) is 3.32. The Hall–Kier alpha value is -2.57. The first kappa shape index (κ1) is 20.2. The molecule has 0 aliphatic carbocycles. The standard InChI is InChI=1S/C22H28N2O4/c1-15(2)24-13-20(21(14-24)27-4)23-22(25)16-5-7-18(8-6-16)28-19-11-9-17(26-3)10-12-19/h5-12,15,20-21H,13-14H2,1-4H3,(H,23,25)/t20-,21-/m0/s1. The molecule has 3 rings (SSSR count). The molecule has 6 nitrogen and oxygen atoms in total. The number of carbonyl (C=O) groups excluding carboxylic acids is 1. The molecule has 0 bridgehead atoms. The van der Waals surface area contributed by atoms with Gasteiger partial charge in [0.1, 0.15) is 17.2 Å². The van der Waals surface area contributed by atoms with Crippen molar-refractivity contribution in [2.75, 3.05) is 27.3 Å². The van der Waals surface area contributed by atoms with E-state index in [0.29, 0.717) is 23.1 Å². The Kier molecular flexibility index (Phi) is 6.54. The molecule has 2 atom stereocenters. The first-order valence-corrected chi connectivity index (χ1v) is 9.50. The molecule has 2 aromatic carbocycles. The molecule has 150 valence electrons. The Morgan fingerprint density at radius 2 is 1.54 bits per heavy atom. The van der Waals surface area contributed by atoms with Gasteiger partial charge in [-0.05, 0) is 62.4 Å². The van der Waals surface area contributed by atoms with Crippen LogP contribution in [0.4, 0.5) is 0 Å². The van der Waals surface area contributed by atoms with E-state index in [-0.39, 0.29) is 18.1 Å². The number of nitrogens with zero attached hydrogens (tertiary/aromatic N) is 1. The van der Waals surface area contributed by atoms with E-state index in [1.165, 1.54) is 0 Å². The van der Waals surface area contributed by atoms with E-state index < -0.39 is 0 Å². The van der Waals surface area contributed by atoms with Crippen molar-refractivity contribution in [2.45, 2.75) is 32.0 Å². The summed E-state index contributed by atoms with van der Waals surface area (Å²) in [7, 11) is 3.32. The van der Waals surface area contributed by atoms with Gasteiger partial charge in [-0.25, -0.2) is 0 Å². The van der Waals surface area contributed by atoms with Crippen LogP contribution in [-0.2, 0) is 4.74 Å². The highest BCUT2D eigenvalue weighted by Crippen LogP contribution is 2.24. The number of hydrogen-bond acceptors (Lipinski definition) is 5. The van der Waals surface area contributed by atoms with E-state index in [2.05, 4.69) is 24.1 Å². The van der Waals surface area contributed by atoms with Crippen molar-refractivity contribution in [3.05, 3.63) is 54.1 Å². The third-order valence-corrected chi connectivity index (χ3v) is 5.06. The molecular formula is C22H28N2O4. The molecule has 1 aliphatic heterocycles. The summed E-state index contributed by atoms with van der Waals surface area (Å²) in [4.78, 5) is 14.9. The van der Waals surface area contributed by atoms with Crippen LogP contribution in [0.2, 0.25) is 0 Å². The lowest BCUT2D eigenvalue weighted by molar-refractivity contribution is 0.0753. The average Bonchev–Trinajstić information content (AvgIpc) is 3.12. The zero-order chi connectivity index (χ0) is 20.1. The van der Waals surface area contributed by atoms with Crippen LogP contribution in [-0.4, -0.2) is 56.3 Å². The van der Waals surface area contributed by atoms with E-state index in [0.717, 1.165) is 18.8 Å². The number of rotatable bonds is 7. The topological polar surface area (TPSA) is 60.0 Å². The normalized spacial score (nSPS) is 19.6. The highest BCUT2D eigenvalue weighted by atomic mass is 16.5. The molecule has 1 fully saturated rings. The third kappa shape index (κ3) is 4.82.